The van der Waals surface area contributed by atoms with Crippen LogP contribution in [0.2, 0.25) is 0 Å². The van der Waals surface area contributed by atoms with Crippen LogP contribution in [0.15, 0.2) is 53.9 Å². The predicted molar refractivity (Wildman–Crippen MR) is 111 cm³/mol. The normalized spacial score (nSPS) is 13.8. The van der Waals surface area contributed by atoms with Gasteiger partial charge in [0.25, 0.3) is 5.91 Å². The Labute approximate surface area is 168 Å². The van der Waals surface area contributed by atoms with Crippen molar-refractivity contribution in [1.29, 1.82) is 0 Å². The average molecular weight is 391 g/mol. The van der Waals surface area contributed by atoms with Crippen LogP contribution in [0.25, 0.3) is 11.3 Å². The molecule has 4 rings (SSSR count). The van der Waals surface area contributed by atoms with Crippen LogP contribution in [0, 0.1) is 6.92 Å². The molecule has 1 aliphatic heterocycles. The van der Waals surface area contributed by atoms with Gasteiger partial charge >= 0.3 is 0 Å². The molecule has 0 atom stereocenters. The number of aryl methyl sites for hydroxylation is 1. The molecule has 0 unspecified atom stereocenters. The molecule has 0 radical (unpaired) electrons. The molecule has 1 N–H and O–H groups in total. The molecule has 28 heavy (non-hydrogen) atoms. The minimum Gasteiger partial charge on any atom is -0.338 e. The molecular formula is C22H21N3O2S. The van der Waals surface area contributed by atoms with Crippen LogP contribution < -0.4 is 5.32 Å². The Kier molecular flexibility index (Phi) is 5.21. The Morgan fingerprint density at radius 1 is 1.21 bits per heavy atom. The minimum atomic E-state index is -0.166. The summed E-state index contributed by atoms with van der Waals surface area (Å²) in [6.45, 7) is 3.32. The molecule has 0 aliphatic carbocycles. The van der Waals surface area contributed by atoms with Gasteiger partial charge in [-0.1, -0.05) is 24.3 Å². The van der Waals surface area contributed by atoms with Crippen LogP contribution in [0.3, 0.4) is 0 Å². The van der Waals surface area contributed by atoms with Gasteiger partial charge in [-0.3, -0.25) is 9.59 Å². The van der Waals surface area contributed by atoms with Crippen molar-refractivity contribution in [3.8, 4) is 11.3 Å². The Morgan fingerprint density at radius 3 is 2.82 bits per heavy atom. The summed E-state index contributed by atoms with van der Waals surface area (Å²) < 4.78 is 0. The van der Waals surface area contributed by atoms with Crippen molar-refractivity contribution in [3.63, 3.8) is 0 Å². The molecule has 2 aromatic carbocycles. The second kappa shape index (κ2) is 7.94. The standard InChI is InChI=1S/C22H21N3O2S/c1-15-23-20(14-28-15)17-6-3-8-19(12-17)24-22(27)18-7-2-5-16(11-18)13-25-10-4-9-21(25)26/h2-3,5-8,11-12,14H,4,9-10,13H2,1H3,(H,24,27). The third-order valence-electron chi connectivity index (χ3n) is 4.77. The maximum atomic E-state index is 12.7. The highest BCUT2D eigenvalue weighted by atomic mass is 32.1. The Bertz CT molecular complexity index is 1030. The second-order valence-electron chi connectivity index (χ2n) is 6.91. The molecule has 2 heterocycles. The number of anilines is 1. The first kappa shape index (κ1) is 18.4. The van der Waals surface area contributed by atoms with Crippen LogP contribution >= 0.6 is 11.3 Å². The first-order valence-electron chi connectivity index (χ1n) is 9.29. The number of nitrogens with zero attached hydrogens (tertiary/aromatic N) is 2. The smallest absolute Gasteiger partial charge is 0.255 e. The van der Waals surface area contributed by atoms with Crippen LogP contribution in [0.5, 0.6) is 0 Å². The third kappa shape index (κ3) is 4.12. The van der Waals surface area contributed by atoms with Crippen molar-refractivity contribution < 1.29 is 9.59 Å². The number of carbonyl (C=O) groups is 2. The van der Waals surface area contributed by atoms with Crippen molar-refractivity contribution in [1.82, 2.24) is 9.88 Å². The van der Waals surface area contributed by atoms with E-state index in [-0.39, 0.29) is 11.8 Å². The largest absolute Gasteiger partial charge is 0.338 e. The number of hydrogen-bond donors (Lipinski definition) is 1. The van der Waals surface area contributed by atoms with Crippen molar-refractivity contribution in [2.45, 2.75) is 26.3 Å². The summed E-state index contributed by atoms with van der Waals surface area (Å²) in [5.74, 6) is 0.0187. The molecule has 0 saturated carbocycles. The first-order valence-corrected chi connectivity index (χ1v) is 10.2. The predicted octanol–water partition coefficient (Wildman–Crippen LogP) is 4.49. The summed E-state index contributed by atoms with van der Waals surface area (Å²) in [6.07, 6.45) is 1.53. The molecule has 6 heteroatoms. The number of amides is 2. The fourth-order valence-corrected chi connectivity index (χ4v) is 3.98. The van der Waals surface area contributed by atoms with E-state index in [9.17, 15) is 9.59 Å². The molecule has 2 amide bonds. The van der Waals surface area contributed by atoms with Crippen LogP contribution in [-0.4, -0.2) is 28.2 Å². The van der Waals surface area contributed by atoms with Gasteiger partial charge in [0.2, 0.25) is 5.91 Å². The van der Waals surface area contributed by atoms with Gasteiger partial charge < -0.3 is 10.2 Å². The molecule has 1 aliphatic rings. The van der Waals surface area contributed by atoms with E-state index in [1.54, 1.807) is 17.4 Å². The zero-order valence-corrected chi connectivity index (χ0v) is 16.5. The van der Waals surface area contributed by atoms with E-state index in [1.807, 2.05) is 59.7 Å². The molecule has 5 nitrogen and oxygen atoms in total. The Morgan fingerprint density at radius 2 is 2.07 bits per heavy atom. The van der Waals surface area contributed by atoms with Gasteiger partial charge in [0, 0.05) is 41.7 Å². The number of likely N-dealkylation sites (tertiary alicyclic amines) is 1. The van der Waals surface area contributed by atoms with Crippen molar-refractivity contribution in [2.24, 2.45) is 0 Å². The van der Waals surface area contributed by atoms with E-state index in [4.69, 9.17) is 0 Å². The SMILES string of the molecule is Cc1nc(-c2cccc(NC(=O)c3cccc(CN4CCCC4=O)c3)c2)cs1. The molecule has 142 valence electrons. The highest BCUT2D eigenvalue weighted by Gasteiger charge is 2.20. The number of rotatable bonds is 5. The molecule has 1 aromatic heterocycles. The molecule has 3 aromatic rings. The second-order valence-corrected chi connectivity index (χ2v) is 7.97. The fourth-order valence-electron chi connectivity index (χ4n) is 3.36. The van der Waals surface area contributed by atoms with Gasteiger partial charge in [-0.15, -0.1) is 11.3 Å². The van der Waals surface area contributed by atoms with Gasteiger partial charge in [0.15, 0.2) is 0 Å². The Hall–Kier alpha value is -2.99. The van der Waals surface area contributed by atoms with E-state index < -0.39 is 0 Å². The quantitative estimate of drug-likeness (QED) is 0.697. The Balaban J connectivity index is 1.48. The number of nitrogens with one attached hydrogen (secondary N) is 1. The van der Waals surface area contributed by atoms with E-state index >= 15 is 0 Å². The topological polar surface area (TPSA) is 62.3 Å². The summed E-state index contributed by atoms with van der Waals surface area (Å²) in [7, 11) is 0. The number of hydrogen-bond acceptors (Lipinski definition) is 4. The van der Waals surface area contributed by atoms with Crippen molar-refractivity contribution in [2.75, 3.05) is 11.9 Å². The number of benzene rings is 2. The molecule has 1 fully saturated rings. The lowest BCUT2D eigenvalue weighted by atomic mass is 10.1. The van der Waals surface area contributed by atoms with E-state index in [2.05, 4.69) is 10.3 Å². The lowest BCUT2D eigenvalue weighted by Gasteiger charge is -2.16. The van der Waals surface area contributed by atoms with E-state index in [0.717, 1.165) is 40.5 Å². The monoisotopic (exact) mass is 391 g/mol. The highest BCUT2D eigenvalue weighted by Crippen LogP contribution is 2.24. The lowest BCUT2D eigenvalue weighted by molar-refractivity contribution is -0.128. The summed E-state index contributed by atoms with van der Waals surface area (Å²) in [6, 6.07) is 15.2. The summed E-state index contributed by atoms with van der Waals surface area (Å²) >= 11 is 1.60. The number of aromatic nitrogens is 1. The summed E-state index contributed by atoms with van der Waals surface area (Å²) in [5, 5.41) is 5.99. The average Bonchev–Trinajstić information content (AvgIpc) is 3.31. The van der Waals surface area contributed by atoms with Gasteiger partial charge in [-0.2, -0.15) is 0 Å². The number of thiazole rings is 1. The third-order valence-corrected chi connectivity index (χ3v) is 5.54. The van der Waals surface area contributed by atoms with Crippen molar-refractivity contribution >= 4 is 28.8 Å². The summed E-state index contributed by atoms with van der Waals surface area (Å²) in [4.78, 5) is 30.9. The van der Waals surface area contributed by atoms with Crippen LogP contribution in [0.1, 0.15) is 33.8 Å². The molecule has 1 saturated heterocycles. The highest BCUT2D eigenvalue weighted by molar-refractivity contribution is 7.09. The fraction of sp³-hybridized carbons (Fsp3) is 0.227. The van der Waals surface area contributed by atoms with Gasteiger partial charge in [-0.25, -0.2) is 4.98 Å². The van der Waals surface area contributed by atoms with Crippen LogP contribution in [0.4, 0.5) is 5.69 Å². The maximum Gasteiger partial charge on any atom is 0.255 e. The van der Waals surface area contributed by atoms with E-state index in [1.165, 1.54) is 0 Å². The van der Waals surface area contributed by atoms with Gasteiger partial charge in [0.1, 0.15) is 0 Å². The van der Waals surface area contributed by atoms with E-state index in [0.29, 0.717) is 18.5 Å². The molecular weight excluding hydrogens is 370 g/mol. The van der Waals surface area contributed by atoms with Crippen LogP contribution in [-0.2, 0) is 11.3 Å². The lowest BCUT2D eigenvalue weighted by Crippen LogP contribution is -2.24. The van der Waals surface area contributed by atoms with Crippen molar-refractivity contribution in [3.05, 3.63) is 70.0 Å². The maximum absolute atomic E-state index is 12.7. The number of carbonyl (C=O) groups excluding carboxylic acids is 2. The zero-order valence-electron chi connectivity index (χ0n) is 15.6. The zero-order chi connectivity index (χ0) is 19.5. The minimum absolute atomic E-state index is 0.166. The molecule has 0 spiro atoms. The van der Waals surface area contributed by atoms with Gasteiger partial charge in [0.05, 0.1) is 10.7 Å². The van der Waals surface area contributed by atoms with Gasteiger partial charge in [-0.05, 0) is 43.2 Å². The summed E-state index contributed by atoms with van der Waals surface area (Å²) in [5.41, 5.74) is 4.17. The first-order chi connectivity index (χ1) is 13.6. The molecule has 0 bridgehead atoms.